The lowest BCUT2D eigenvalue weighted by atomic mass is 9.76. The molecule has 4 heteroatoms. The minimum Gasteiger partial charge on any atom is -0.487 e. The van der Waals surface area contributed by atoms with Crippen LogP contribution in [0.2, 0.25) is 0 Å². The van der Waals surface area contributed by atoms with Crippen molar-refractivity contribution in [3.63, 3.8) is 0 Å². The number of pyridine rings is 1. The van der Waals surface area contributed by atoms with E-state index in [1.807, 2.05) is 26.0 Å². The molecule has 2 unspecified atom stereocenters. The highest BCUT2D eigenvalue weighted by atomic mass is 16.5. The molecule has 2 rings (SSSR count). The largest absolute Gasteiger partial charge is 0.487 e. The highest BCUT2D eigenvalue weighted by molar-refractivity contribution is 5.51. The van der Waals surface area contributed by atoms with Gasteiger partial charge in [-0.2, -0.15) is 0 Å². The Labute approximate surface area is 122 Å². The van der Waals surface area contributed by atoms with Gasteiger partial charge in [-0.1, -0.05) is 19.8 Å². The fourth-order valence-corrected chi connectivity index (χ4v) is 3.09. The van der Waals surface area contributed by atoms with E-state index in [-0.39, 0.29) is 11.6 Å². The summed E-state index contributed by atoms with van der Waals surface area (Å²) in [6, 6.07) is 3.87. The Hall–Kier alpha value is -1.29. The fraction of sp³-hybridized carbons (Fsp3) is 0.688. The summed E-state index contributed by atoms with van der Waals surface area (Å²) < 4.78 is 5.84. The van der Waals surface area contributed by atoms with E-state index in [1.165, 1.54) is 12.8 Å². The van der Waals surface area contributed by atoms with Crippen LogP contribution >= 0.6 is 0 Å². The first kappa shape index (κ1) is 15.1. The quantitative estimate of drug-likeness (QED) is 0.867. The van der Waals surface area contributed by atoms with Crippen LogP contribution in [0.15, 0.2) is 18.3 Å². The standard InChI is InChI=1S/C16H27N3O/c1-12(2)20-14-7-5-9-18-15(14)19-16(11-17)8-4-6-13(3)10-16/h5,7,9,12-13H,4,6,8,10-11,17H2,1-3H3,(H,18,19). The summed E-state index contributed by atoms with van der Waals surface area (Å²) in [6.07, 6.45) is 6.65. The van der Waals surface area contributed by atoms with E-state index in [4.69, 9.17) is 10.5 Å². The van der Waals surface area contributed by atoms with Gasteiger partial charge in [0.2, 0.25) is 0 Å². The Balaban J connectivity index is 2.19. The second-order valence-electron chi connectivity index (χ2n) is 6.33. The smallest absolute Gasteiger partial charge is 0.169 e. The lowest BCUT2D eigenvalue weighted by Gasteiger charge is -2.40. The number of aromatic nitrogens is 1. The summed E-state index contributed by atoms with van der Waals surface area (Å²) in [5.74, 6) is 2.34. The highest BCUT2D eigenvalue weighted by Crippen LogP contribution is 2.36. The third kappa shape index (κ3) is 3.63. The number of nitrogens with zero attached hydrogens (tertiary/aromatic N) is 1. The molecule has 112 valence electrons. The van der Waals surface area contributed by atoms with Crippen molar-refractivity contribution in [2.24, 2.45) is 11.7 Å². The Morgan fingerprint density at radius 3 is 3.00 bits per heavy atom. The Morgan fingerprint density at radius 2 is 2.35 bits per heavy atom. The molecule has 1 fully saturated rings. The van der Waals surface area contributed by atoms with E-state index in [2.05, 4.69) is 17.2 Å². The van der Waals surface area contributed by atoms with Gasteiger partial charge in [0.15, 0.2) is 11.6 Å². The molecule has 0 saturated heterocycles. The molecule has 1 aliphatic carbocycles. The second-order valence-corrected chi connectivity index (χ2v) is 6.33. The SMILES string of the molecule is CC1CCCC(CN)(Nc2ncccc2OC(C)C)C1. The van der Waals surface area contributed by atoms with E-state index in [0.29, 0.717) is 12.5 Å². The highest BCUT2D eigenvalue weighted by Gasteiger charge is 2.34. The zero-order valence-corrected chi connectivity index (χ0v) is 12.9. The number of anilines is 1. The van der Waals surface area contributed by atoms with Crippen LogP contribution in [0.1, 0.15) is 46.5 Å². The number of rotatable bonds is 5. The third-order valence-corrected chi connectivity index (χ3v) is 4.00. The molecule has 1 heterocycles. The molecular weight excluding hydrogens is 250 g/mol. The zero-order valence-electron chi connectivity index (χ0n) is 12.9. The fourth-order valence-electron chi connectivity index (χ4n) is 3.09. The maximum Gasteiger partial charge on any atom is 0.169 e. The summed E-state index contributed by atoms with van der Waals surface area (Å²) in [4.78, 5) is 4.45. The monoisotopic (exact) mass is 277 g/mol. The van der Waals surface area contributed by atoms with Crippen LogP contribution in [0, 0.1) is 5.92 Å². The van der Waals surface area contributed by atoms with Crippen molar-refractivity contribution >= 4 is 5.82 Å². The van der Waals surface area contributed by atoms with Crippen molar-refractivity contribution in [3.8, 4) is 5.75 Å². The van der Waals surface area contributed by atoms with Crippen molar-refractivity contribution in [3.05, 3.63) is 18.3 Å². The van der Waals surface area contributed by atoms with Gasteiger partial charge in [0.05, 0.1) is 11.6 Å². The molecule has 1 aromatic heterocycles. The number of nitrogens with one attached hydrogen (secondary N) is 1. The molecule has 3 N–H and O–H groups in total. The van der Waals surface area contributed by atoms with Gasteiger partial charge in [-0.05, 0) is 44.7 Å². The normalized spacial score (nSPS) is 26.6. The molecule has 1 aromatic rings. The van der Waals surface area contributed by atoms with Gasteiger partial charge in [-0.25, -0.2) is 4.98 Å². The van der Waals surface area contributed by atoms with Gasteiger partial charge in [0, 0.05) is 12.7 Å². The van der Waals surface area contributed by atoms with Gasteiger partial charge < -0.3 is 15.8 Å². The molecule has 2 atom stereocenters. The van der Waals surface area contributed by atoms with Crippen molar-refractivity contribution < 1.29 is 4.74 Å². The first-order valence-electron chi connectivity index (χ1n) is 7.64. The van der Waals surface area contributed by atoms with Crippen LogP contribution in [-0.4, -0.2) is 23.2 Å². The Kier molecular flexibility index (Phi) is 4.86. The van der Waals surface area contributed by atoms with Crippen LogP contribution in [-0.2, 0) is 0 Å². The van der Waals surface area contributed by atoms with Crippen LogP contribution in [0.5, 0.6) is 5.75 Å². The van der Waals surface area contributed by atoms with Crippen molar-refractivity contribution in [2.45, 2.75) is 58.1 Å². The molecule has 0 amide bonds. The number of ether oxygens (including phenoxy) is 1. The minimum atomic E-state index is -0.0406. The first-order valence-corrected chi connectivity index (χ1v) is 7.64. The van der Waals surface area contributed by atoms with E-state index >= 15 is 0 Å². The van der Waals surface area contributed by atoms with Crippen LogP contribution in [0.25, 0.3) is 0 Å². The average Bonchev–Trinajstić information content (AvgIpc) is 2.40. The lowest BCUT2D eigenvalue weighted by Crippen LogP contribution is -2.49. The maximum absolute atomic E-state index is 6.07. The van der Waals surface area contributed by atoms with Gasteiger partial charge in [-0.3, -0.25) is 0 Å². The molecule has 0 bridgehead atoms. The van der Waals surface area contributed by atoms with E-state index in [0.717, 1.165) is 24.4 Å². The van der Waals surface area contributed by atoms with E-state index < -0.39 is 0 Å². The van der Waals surface area contributed by atoms with Crippen molar-refractivity contribution in [2.75, 3.05) is 11.9 Å². The van der Waals surface area contributed by atoms with Gasteiger partial charge in [-0.15, -0.1) is 0 Å². The lowest BCUT2D eigenvalue weighted by molar-refractivity contribution is 0.238. The summed E-state index contributed by atoms with van der Waals surface area (Å²) in [5, 5.41) is 3.59. The van der Waals surface area contributed by atoms with Crippen LogP contribution in [0.3, 0.4) is 0 Å². The number of nitrogens with two attached hydrogens (primary N) is 1. The summed E-state index contributed by atoms with van der Waals surface area (Å²) in [6.45, 7) is 6.99. The molecular formula is C16H27N3O. The molecule has 20 heavy (non-hydrogen) atoms. The summed E-state index contributed by atoms with van der Waals surface area (Å²) in [7, 11) is 0. The predicted octanol–water partition coefficient (Wildman–Crippen LogP) is 3.19. The summed E-state index contributed by atoms with van der Waals surface area (Å²) in [5.41, 5.74) is 6.03. The Bertz CT molecular complexity index is 435. The predicted molar refractivity (Wildman–Crippen MR) is 83.0 cm³/mol. The minimum absolute atomic E-state index is 0.0406. The molecule has 0 aliphatic heterocycles. The van der Waals surface area contributed by atoms with Crippen molar-refractivity contribution in [1.29, 1.82) is 0 Å². The van der Waals surface area contributed by atoms with Gasteiger partial charge in [0.1, 0.15) is 0 Å². The van der Waals surface area contributed by atoms with E-state index in [1.54, 1.807) is 6.20 Å². The summed E-state index contributed by atoms with van der Waals surface area (Å²) >= 11 is 0. The maximum atomic E-state index is 6.07. The molecule has 1 aliphatic rings. The Morgan fingerprint density at radius 1 is 1.55 bits per heavy atom. The molecule has 0 spiro atoms. The topological polar surface area (TPSA) is 60.2 Å². The second kappa shape index (κ2) is 6.44. The van der Waals surface area contributed by atoms with Crippen LogP contribution < -0.4 is 15.8 Å². The zero-order chi connectivity index (χ0) is 14.6. The number of hydrogen-bond donors (Lipinski definition) is 2. The molecule has 4 nitrogen and oxygen atoms in total. The van der Waals surface area contributed by atoms with E-state index in [9.17, 15) is 0 Å². The number of hydrogen-bond acceptors (Lipinski definition) is 4. The molecule has 1 saturated carbocycles. The van der Waals surface area contributed by atoms with Crippen LogP contribution in [0.4, 0.5) is 5.82 Å². The molecule has 0 radical (unpaired) electrons. The van der Waals surface area contributed by atoms with Crippen molar-refractivity contribution in [1.82, 2.24) is 4.98 Å². The first-order chi connectivity index (χ1) is 9.54. The van der Waals surface area contributed by atoms with Gasteiger partial charge >= 0.3 is 0 Å². The van der Waals surface area contributed by atoms with Gasteiger partial charge in [0.25, 0.3) is 0 Å². The average molecular weight is 277 g/mol. The molecule has 0 aromatic carbocycles. The third-order valence-electron chi connectivity index (χ3n) is 4.00.